The highest BCUT2D eigenvalue weighted by Crippen LogP contribution is 2.26. The fraction of sp³-hybridized carbons (Fsp3) is 0.308. The van der Waals surface area contributed by atoms with Crippen molar-refractivity contribution in [1.29, 1.82) is 0 Å². The number of halogens is 2. The van der Waals surface area contributed by atoms with E-state index in [1.54, 1.807) is 7.11 Å². The zero-order valence-electron chi connectivity index (χ0n) is 11.0. The molecule has 0 saturated carbocycles. The van der Waals surface area contributed by atoms with Crippen LogP contribution in [0, 0.1) is 6.92 Å². The quantitative estimate of drug-likeness (QED) is 0.863. The molecule has 102 valence electrons. The molecule has 0 aliphatic heterocycles. The van der Waals surface area contributed by atoms with Gasteiger partial charge in [0.15, 0.2) is 0 Å². The minimum absolute atomic E-state index is 0.692. The molecule has 2 rings (SSSR count). The number of methoxy groups -OCH3 is 1. The van der Waals surface area contributed by atoms with Crippen LogP contribution in [0.3, 0.4) is 0 Å². The molecule has 0 aliphatic rings. The Kier molecular flexibility index (Phi) is 4.52. The third-order valence-electron chi connectivity index (χ3n) is 2.83. The first-order valence-corrected chi connectivity index (χ1v) is 7.36. The fourth-order valence-electron chi connectivity index (χ4n) is 1.84. The second-order valence-corrected chi connectivity index (χ2v) is 5.91. The van der Waals surface area contributed by atoms with Gasteiger partial charge in [-0.2, -0.15) is 5.10 Å². The standard InChI is InChI=1S/C13H15Br2N3O/c1-8-13(15)12(18(2)17-8)7-16-10-4-9(14)5-11(6-10)19-3/h4-6,16H,7H2,1-3H3. The summed E-state index contributed by atoms with van der Waals surface area (Å²) in [6.07, 6.45) is 0. The number of benzene rings is 1. The van der Waals surface area contributed by atoms with Crippen LogP contribution in [0.15, 0.2) is 27.1 Å². The molecule has 0 spiro atoms. The summed E-state index contributed by atoms with van der Waals surface area (Å²) >= 11 is 7.03. The lowest BCUT2D eigenvalue weighted by Crippen LogP contribution is -2.06. The van der Waals surface area contributed by atoms with Crippen LogP contribution in [0.2, 0.25) is 0 Å². The average molecular weight is 389 g/mol. The van der Waals surface area contributed by atoms with Crippen molar-refractivity contribution in [3.63, 3.8) is 0 Å². The third kappa shape index (κ3) is 3.30. The van der Waals surface area contributed by atoms with Gasteiger partial charge >= 0.3 is 0 Å². The third-order valence-corrected chi connectivity index (χ3v) is 4.32. The summed E-state index contributed by atoms with van der Waals surface area (Å²) < 4.78 is 9.15. The molecule has 0 bridgehead atoms. The Bertz CT molecular complexity index is 596. The second-order valence-electron chi connectivity index (χ2n) is 4.20. The Morgan fingerprint density at radius 2 is 2.05 bits per heavy atom. The molecule has 0 saturated heterocycles. The molecule has 1 heterocycles. The smallest absolute Gasteiger partial charge is 0.122 e. The number of aryl methyl sites for hydroxylation is 2. The van der Waals surface area contributed by atoms with Gasteiger partial charge in [0, 0.05) is 23.3 Å². The highest BCUT2D eigenvalue weighted by Gasteiger charge is 2.10. The van der Waals surface area contributed by atoms with E-state index in [4.69, 9.17) is 4.74 Å². The van der Waals surface area contributed by atoms with Crippen LogP contribution >= 0.6 is 31.9 Å². The Balaban J connectivity index is 2.16. The predicted octanol–water partition coefficient (Wildman–Crippen LogP) is 3.87. The van der Waals surface area contributed by atoms with Gasteiger partial charge in [0.1, 0.15) is 5.75 Å². The Morgan fingerprint density at radius 1 is 1.32 bits per heavy atom. The zero-order valence-corrected chi connectivity index (χ0v) is 14.2. The topological polar surface area (TPSA) is 39.1 Å². The van der Waals surface area contributed by atoms with Crippen molar-refractivity contribution in [3.8, 4) is 5.75 Å². The molecule has 4 nitrogen and oxygen atoms in total. The molecule has 2 aromatic rings. The van der Waals surface area contributed by atoms with Gasteiger partial charge in [-0.25, -0.2) is 0 Å². The lowest BCUT2D eigenvalue weighted by atomic mass is 10.3. The fourth-order valence-corrected chi connectivity index (χ4v) is 2.79. The maximum atomic E-state index is 5.24. The van der Waals surface area contributed by atoms with Gasteiger partial charge in [0.2, 0.25) is 0 Å². The first-order valence-electron chi connectivity index (χ1n) is 5.77. The van der Waals surface area contributed by atoms with Crippen LogP contribution < -0.4 is 10.1 Å². The number of hydrogen-bond donors (Lipinski definition) is 1. The SMILES string of the molecule is COc1cc(Br)cc(NCc2c(Br)c(C)nn2C)c1. The molecule has 0 fully saturated rings. The highest BCUT2D eigenvalue weighted by molar-refractivity contribution is 9.10. The van der Waals surface area contributed by atoms with Gasteiger partial charge in [-0.1, -0.05) is 15.9 Å². The Hall–Kier alpha value is -1.01. The van der Waals surface area contributed by atoms with E-state index in [1.807, 2.05) is 36.9 Å². The lowest BCUT2D eigenvalue weighted by molar-refractivity contribution is 0.414. The van der Waals surface area contributed by atoms with Crippen LogP contribution in [-0.2, 0) is 13.6 Å². The van der Waals surface area contributed by atoms with Crippen molar-refractivity contribution in [2.75, 3.05) is 12.4 Å². The Labute approximate surface area is 129 Å². The predicted molar refractivity (Wildman–Crippen MR) is 83.7 cm³/mol. The van der Waals surface area contributed by atoms with Gasteiger partial charge in [0.05, 0.1) is 29.5 Å². The minimum atomic E-state index is 0.692. The molecular formula is C13H15Br2N3O. The van der Waals surface area contributed by atoms with Crippen molar-refractivity contribution in [2.24, 2.45) is 7.05 Å². The van der Waals surface area contributed by atoms with Gasteiger partial charge in [-0.3, -0.25) is 4.68 Å². The van der Waals surface area contributed by atoms with Crippen LogP contribution in [-0.4, -0.2) is 16.9 Å². The second kappa shape index (κ2) is 5.96. The van der Waals surface area contributed by atoms with Crippen molar-refractivity contribution in [3.05, 3.63) is 38.5 Å². The van der Waals surface area contributed by atoms with E-state index in [9.17, 15) is 0 Å². The van der Waals surface area contributed by atoms with Gasteiger partial charge < -0.3 is 10.1 Å². The van der Waals surface area contributed by atoms with Crippen LogP contribution in [0.5, 0.6) is 5.75 Å². The first-order chi connectivity index (χ1) is 9.01. The van der Waals surface area contributed by atoms with E-state index in [0.29, 0.717) is 6.54 Å². The van der Waals surface area contributed by atoms with Crippen LogP contribution in [0.4, 0.5) is 5.69 Å². The minimum Gasteiger partial charge on any atom is -0.497 e. The molecule has 6 heteroatoms. The van der Waals surface area contributed by atoms with E-state index in [-0.39, 0.29) is 0 Å². The summed E-state index contributed by atoms with van der Waals surface area (Å²) in [5.41, 5.74) is 3.10. The number of rotatable bonds is 4. The van der Waals surface area contributed by atoms with Crippen molar-refractivity contribution < 1.29 is 4.74 Å². The molecule has 0 atom stereocenters. The normalized spacial score (nSPS) is 10.6. The molecule has 0 radical (unpaired) electrons. The van der Waals surface area contributed by atoms with E-state index >= 15 is 0 Å². The molecule has 0 unspecified atom stereocenters. The van der Waals surface area contributed by atoms with Crippen LogP contribution in [0.1, 0.15) is 11.4 Å². The van der Waals surface area contributed by atoms with E-state index in [2.05, 4.69) is 42.3 Å². The van der Waals surface area contributed by atoms with Crippen LogP contribution in [0.25, 0.3) is 0 Å². The molecule has 0 amide bonds. The number of nitrogens with one attached hydrogen (secondary N) is 1. The van der Waals surface area contributed by atoms with Gasteiger partial charge in [0.25, 0.3) is 0 Å². The number of aromatic nitrogens is 2. The van der Waals surface area contributed by atoms with Crippen molar-refractivity contribution >= 4 is 37.5 Å². The molecule has 1 aromatic carbocycles. The summed E-state index contributed by atoms with van der Waals surface area (Å²) in [5.74, 6) is 0.817. The van der Waals surface area contributed by atoms with Crippen molar-refractivity contribution in [2.45, 2.75) is 13.5 Å². The summed E-state index contributed by atoms with van der Waals surface area (Å²) in [6.45, 7) is 2.67. The average Bonchev–Trinajstić information content (AvgIpc) is 2.60. The molecule has 19 heavy (non-hydrogen) atoms. The summed E-state index contributed by atoms with van der Waals surface area (Å²) in [6, 6.07) is 5.90. The van der Waals surface area contributed by atoms with Gasteiger partial charge in [-0.15, -0.1) is 0 Å². The molecule has 0 aliphatic carbocycles. The number of anilines is 1. The maximum Gasteiger partial charge on any atom is 0.122 e. The van der Waals surface area contributed by atoms with E-state index in [1.165, 1.54) is 0 Å². The summed E-state index contributed by atoms with van der Waals surface area (Å²) in [4.78, 5) is 0. The maximum absolute atomic E-state index is 5.24. The lowest BCUT2D eigenvalue weighted by Gasteiger charge is -2.10. The summed E-state index contributed by atoms with van der Waals surface area (Å²) in [7, 11) is 3.60. The number of ether oxygens (including phenoxy) is 1. The zero-order chi connectivity index (χ0) is 14.0. The molecule has 1 aromatic heterocycles. The largest absolute Gasteiger partial charge is 0.497 e. The first kappa shape index (κ1) is 14.4. The van der Waals surface area contributed by atoms with E-state index < -0.39 is 0 Å². The van der Waals surface area contributed by atoms with Gasteiger partial charge in [-0.05, 0) is 35.0 Å². The Morgan fingerprint density at radius 3 is 2.63 bits per heavy atom. The number of nitrogens with zero attached hydrogens (tertiary/aromatic N) is 2. The number of hydrogen-bond acceptors (Lipinski definition) is 3. The van der Waals surface area contributed by atoms with E-state index in [0.717, 1.165) is 31.8 Å². The van der Waals surface area contributed by atoms with Crippen molar-refractivity contribution in [1.82, 2.24) is 9.78 Å². The molecular weight excluding hydrogens is 374 g/mol. The highest BCUT2D eigenvalue weighted by atomic mass is 79.9. The summed E-state index contributed by atoms with van der Waals surface area (Å²) in [5, 5.41) is 7.74. The monoisotopic (exact) mass is 387 g/mol. The molecule has 1 N–H and O–H groups in total.